The Bertz CT molecular complexity index is 1260. The highest BCUT2D eigenvalue weighted by Crippen LogP contribution is 2.49. The summed E-state index contributed by atoms with van der Waals surface area (Å²) in [5.41, 5.74) is 2.32. The summed E-state index contributed by atoms with van der Waals surface area (Å²) in [6.45, 7) is 4.25. The predicted octanol–water partition coefficient (Wildman–Crippen LogP) is 7.04. The van der Waals surface area contributed by atoms with Gasteiger partial charge in [-0.15, -0.1) is 0 Å². The van der Waals surface area contributed by atoms with Crippen LogP contribution < -0.4 is 4.74 Å². The molecule has 1 aliphatic heterocycles. The Morgan fingerprint density at radius 2 is 1.67 bits per heavy atom. The molecule has 3 atom stereocenters. The van der Waals surface area contributed by atoms with Gasteiger partial charge in [0.2, 0.25) is 0 Å². The zero-order valence-electron chi connectivity index (χ0n) is 20.2. The molecule has 186 valence electrons. The molecular weight excluding hydrogens is 462 g/mol. The number of urea groups is 1. The van der Waals surface area contributed by atoms with Gasteiger partial charge in [0.1, 0.15) is 5.75 Å². The van der Waals surface area contributed by atoms with E-state index in [4.69, 9.17) is 4.74 Å². The number of carbonyl (C=O) groups is 2. The zero-order chi connectivity index (χ0) is 25.4. The first-order valence-corrected chi connectivity index (χ1v) is 12.2. The Hall–Kier alpha value is -3.74. The maximum atomic E-state index is 14.3. The number of ether oxygens (including phenoxy) is 1. The minimum absolute atomic E-state index is 0.149. The van der Waals surface area contributed by atoms with Crippen LogP contribution in [0.4, 0.5) is 18.4 Å². The van der Waals surface area contributed by atoms with Crippen molar-refractivity contribution < 1.29 is 23.1 Å². The molecule has 3 amide bonds. The van der Waals surface area contributed by atoms with E-state index in [1.165, 1.54) is 6.07 Å². The van der Waals surface area contributed by atoms with E-state index in [1.807, 2.05) is 56.3 Å². The highest BCUT2D eigenvalue weighted by molar-refractivity contribution is 5.93. The smallest absolute Gasteiger partial charge is 0.410 e. The summed E-state index contributed by atoms with van der Waals surface area (Å²) >= 11 is 0. The molecule has 5 nitrogen and oxygen atoms in total. The minimum Gasteiger partial charge on any atom is -0.410 e. The summed E-state index contributed by atoms with van der Waals surface area (Å²) in [4.78, 5) is 30.3. The SMILES string of the molecule is Cc1ccc(OC(=O)N2C(=O)N([C@H](C)c3ccccc3)CC(C3CC3)C2c2ccc(F)c(F)c2)cc1. The molecule has 5 rings (SSSR count). The van der Waals surface area contributed by atoms with E-state index in [1.54, 1.807) is 17.0 Å². The zero-order valence-corrected chi connectivity index (χ0v) is 20.2. The summed E-state index contributed by atoms with van der Waals surface area (Å²) in [6, 6.07) is 18.6. The molecule has 0 aromatic heterocycles. The molecule has 1 saturated heterocycles. The van der Waals surface area contributed by atoms with Crippen molar-refractivity contribution in [3.05, 3.63) is 101 Å². The lowest BCUT2D eigenvalue weighted by atomic mass is 9.85. The van der Waals surface area contributed by atoms with Crippen LogP contribution in [0.5, 0.6) is 5.75 Å². The van der Waals surface area contributed by atoms with Crippen molar-refractivity contribution in [1.29, 1.82) is 0 Å². The Balaban J connectivity index is 1.55. The Labute approximate surface area is 209 Å². The van der Waals surface area contributed by atoms with Crippen LogP contribution in [0.2, 0.25) is 0 Å². The van der Waals surface area contributed by atoms with Crippen molar-refractivity contribution in [1.82, 2.24) is 9.80 Å². The van der Waals surface area contributed by atoms with E-state index in [0.29, 0.717) is 17.9 Å². The van der Waals surface area contributed by atoms with Crippen molar-refractivity contribution in [2.45, 2.75) is 38.8 Å². The number of carbonyl (C=O) groups excluding carboxylic acids is 2. The number of imide groups is 1. The summed E-state index contributed by atoms with van der Waals surface area (Å²) in [5.74, 6) is -1.57. The fourth-order valence-corrected chi connectivity index (χ4v) is 5.06. The predicted molar refractivity (Wildman–Crippen MR) is 131 cm³/mol. The van der Waals surface area contributed by atoms with E-state index in [-0.39, 0.29) is 17.9 Å². The van der Waals surface area contributed by atoms with Crippen molar-refractivity contribution in [3.63, 3.8) is 0 Å². The van der Waals surface area contributed by atoms with Crippen LogP contribution in [-0.4, -0.2) is 28.5 Å². The van der Waals surface area contributed by atoms with Crippen LogP contribution in [0.1, 0.15) is 48.5 Å². The van der Waals surface area contributed by atoms with Gasteiger partial charge in [0, 0.05) is 12.5 Å². The fraction of sp³-hybridized carbons (Fsp3) is 0.310. The average Bonchev–Trinajstić information content (AvgIpc) is 3.72. The quantitative estimate of drug-likeness (QED) is 0.386. The first-order chi connectivity index (χ1) is 17.3. The molecule has 0 bridgehead atoms. The van der Waals surface area contributed by atoms with E-state index in [9.17, 15) is 18.4 Å². The summed E-state index contributed by atoms with van der Waals surface area (Å²) in [5, 5.41) is 0. The number of aryl methyl sites for hydroxylation is 1. The van der Waals surface area contributed by atoms with Crippen molar-refractivity contribution in [3.8, 4) is 5.75 Å². The van der Waals surface area contributed by atoms with Gasteiger partial charge in [0.15, 0.2) is 11.6 Å². The van der Waals surface area contributed by atoms with Crippen LogP contribution in [0.15, 0.2) is 72.8 Å². The molecule has 1 saturated carbocycles. The van der Waals surface area contributed by atoms with Crippen LogP contribution in [0.3, 0.4) is 0 Å². The number of nitrogens with zero attached hydrogens (tertiary/aromatic N) is 2. The van der Waals surface area contributed by atoms with Crippen molar-refractivity contribution >= 4 is 12.1 Å². The highest BCUT2D eigenvalue weighted by atomic mass is 19.2. The van der Waals surface area contributed by atoms with E-state index in [0.717, 1.165) is 41.0 Å². The molecular formula is C29H28F2N2O3. The maximum absolute atomic E-state index is 14.3. The van der Waals surface area contributed by atoms with Gasteiger partial charge in [0.25, 0.3) is 0 Å². The molecule has 0 spiro atoms. The lowest BCUT2D eigenvalue weighted by Crippen LogP contribution is -2.58. The Kier molecular flexibility index (Phi) is 6.48. The Morgan fingerprint density at radius 1 is 0.972 bits per heavy atom. The average molecular weight is 491 g/mol. The van der Waals surface area contributed by atoms with Crippen LogP contribution in [0, 0.1) is 30.4 Å². The second kappa shape index (κ2) is 9.72. The van der Waals surface area contributed by atoms with Gasteiger partial charge >= 0.3 is 12.1 Å². The standard InChI is InChI=1S/C29H28F2N2O3/c1-18-8-13-23(14-9-18)36-29(35)33-27(22-12-15-25(30)26(31)16-22)24(21-10-11-21)17-32(28(33)34)19(2)20-6-4-3-5-7-20/h3-9,12-16,19,21,24,27H,10-11,17H2,1-2H3/t19-,24?,27?/m1/s1. The number of halogens is 2. The molecule has 2 fully saturated rings. The van der Waals surface area contributed by atoms with E-state index in [2.05, 4.69) is 0 Å². The molecule has 1 heterocycles. The monoisotopic (exact) mass is 490 g/mol. The number of rotatable bonds is 5. The molecule has 3 aromatic rings. The second-order valence-electron chi connectivity index (χ2n) is 9.69. The minimum atomic E-state index is -1.01. The van der Waals surface area contributed by atoms with E-state index < -0.39 is 29.8 Å². The normalized spacial score (nSPS) is 20.8. The first kappa shape index (κ1) is 24.0. The largest absolute Gasteiger partial charge is 0.424 e. The number of hydrogen-bond acceptors (Lipinski definition) is 3. The molecule has 1 aliphatic carbocycles. The number of amides is 3. The molecule has 36 heavy (non-hydrogen) atoms. The lowest BCUT2D eigenvalue weighted by Gasteiger charge is -2.47. The first-order valence-electron chi connectivity index (χ1n) is 12.2. The van der Waals surface area contributed by atoms with Gasteiger partial charge in [-0.1, -0.05) is 54.1 Å². The Morgan fingerprint density at radius 3 is 2.31 bits per heavy atom. The fourth-order valence-electron chi connectivity index (χ4n) is 5.06. The molecule has 7 heteroatoms. The third-order valence-electron chi connectivity index (χ3n) is 7.23. The van der Waals surface area contributed by atoms with Gasteiger partial charge in [-0.3, -0.25) is 0 Å². The van der Waals surface area contributed by atoms with Gasteiger partial charge < -0.3 is 9.64 Å². The van der Waals surface area contributed by atoms with Crippen LogP contribution in [-0.2, 0) is 0 Å². The molecule has 0 radical (unpaired) electrons. The second-order valence-corrected chi connectivity index (χ2v) is 9.69. The molecule has 0 N–H and O–H groups in total. The van der Waals surface area contributed by atoms with E-state index >= 15 is 0 Å². The van der Waals surface area contributed by atoms with Crippen LogP contribution >= 0.6 is 0 Å². The number of benzene rings is 3. The van der Waals surface area contributed by atoms with Crippen molar-refractivity contribution in [2.75, 3.05) is 6.54 Å². The summed E-state index contributed by atoms with van der Waals surface area (Å²) < 4.78 is 33.7. The maximum Gasteiger partial charge on any atom is 0.424 e. The van der Waals surface area contributed by atoms with Gasteiger partial charge in [-0.05, 0) is 68.0 Å². The van der Waals surface area contributed by atoms with Gasteiger partial charge in [-0.25, -0.2) is 23.3 Å². The third-order valence-corrected chi connectivity index (χ3v) is 7.23. The third kappa shape index (κ3) is 4.70. The van der Waals surface area contributed by atoms with Crippen LogP contribution in [0.25, 0.3) is 0 Å². The highest BCUT2D eigenvalue weighted by Gasteiger charge is 2.51. The summed E-state index contributed by atoms with van der Waals surface area (Å²) in [6.07, 6.45) is 1.06. The number of hydrogen-bond donors (Lipinski definition) is 0. The van der Waals surface area contributed by atoms with Gasteiger partial charge in [0.05, 0.1) is 12.1 Å². The lowest BCUT2D eigenvalue weighted by molar-refractivity contribution is 0.0427. The summed E-state index contributed by atoms with van der Waals surface area (Å²) in [7, 11) is 0. The molecule has 3 aromatic carbocycles. The molecule has 2 aliphatic rings. The topological polar surface area (TPSA) is 49.9 Å². The van der Waals surface area contributed by atoms with Gasteiger partial charge in [-0.2, -0.15) is 0 Å². The van der Waals surface area contributed by atoms with Crippen molar-refractivity contribution in [2.24, 2.45) is 11.8 Å². The molecule has 2 unspecified atom stereocenters.